The summed E-state index contributed by atoms with van der Waals surface area (Å²) in [5.41, 5.74) is 0.0740. The van der Waals surface area contributed by atoms with Crippen molar-refractivity contribution in [3.63, 3.8) is 0 Å². The van der Waals surface area contributed by atoms with Crippen molar-refractivity contribution < 1.29 is 19.1 Å². The van der Waals surface area contributed by atoms with Gasteiger partial charge in [0.1, 0.15) is 5.78 Å². The molecule has 142 valence electrons. The maximum atomic E-state index is 12.1. The fraction of sp³-hybridized carbons (Fsp3) is 0.412. The van der Waals surface area contributed by atoms with Crippen molar-refractivity contribution in [3.8, 4) is 0 Å². The number of aliphatic imine (C=N–C) groups is 1. The summed E-state index contributed by atoms with van der Waals surface area (Å²) in [4.78, 5) is 39.9. The number of hydrogen-bond donors (Lipinski definition) is 1. The third-order valence-corrected chi connectivity index (χ3v) is 4.28. The molecular formula is C17H19Cl3N2O4. The highest BCUT2D eigenvalue weighted by Crippen LogP contribution is 2.38. The van der Waals surface area contributed by atoms with Crippen LogP contribution in [0.25, 0.3) is 0 Å². The molecule has 0 spiro atoms. The van der Waals surface area contributed by atoms with E-state index in [9.17, 15) is 14.4 Å². The van der Waals surface area contributed by atoms with Crippen molar-refractivity contribution >= 4 is 64.4 Å². The summed E-state index contributed by atoms with van der Waals surface area (Å²) in [7, 11) is 0. The van der Waals surface area contributed by atoms with Gasteiger partial charge >= 0.3 is 5.97 Å². The van der Waals surface area contributed by atoms with Gasteiger partial charge in [-0.1, -0.05) is 34.8 Å². The van der Waals surface area contributed by atoms with E-state index in [4.69, 9.17) is 39.5 Å². The minimum absolute atomic E-state index is 0.0103. The van der Waals surface area contributed by atoms with Crippen LogP contribution in [0.4, 0.5) is 5.69 Å². The predicted octanol–water partition coefficient (Wildman–Crippen LogP) is 4.26. The maximum absolute atomic E-state index is 12.1. The van der Waals surface area contributed by atoms with Crippen molar-refractivity contribution in [2.45, 2.75) is 33.8 Å². The molecule has 0 aliphatic carbocycles. The second kappa shape index (κ2) is 9.90. The Bertz CT molecular complexity index is 748. The number of Topliss-reactive ketones (excluding diaryl/α,β-unsaturated/α-hetero) is 1. The molecular weight excluding hydrogens is 403 g/mol. The van der Waals surface area contributed by atoms with Crippen molar-refractivity contribution in [1.29, 1.82) is 0 Å². The molecule has 0 fully saturated rings. The van der Waals surface area contributed by atoms with E-state index in [1.165, 1.54) is 13.0 Å². The second-order valence-electron chi connectivity index (χ2n) is 5.59. The number of ether oxygens (including phenoxy) is 1. The normalized spacial score (nSPS) is 12.3. The Hall–Kier alpha value is -1.63. The molecule has 0 aliphatic rings. The average molecular weight is 422 g/mol. The van der Waals surface area contributed by atoms with E-state index in [-0.39, 0.29) is 32.4 Å². The van der Waals surface area contributed by atoms with E-state index < -0.39 is 23.6 Å². The Morgan fingerprint density at radius 2 is 1.85 bits per heavy atom. The number of halogens is 3. The first-order valence-electron chi connectivity index (χ1n) is 7.80. The predicted molar refractivity (Wildman–Crippen MR) is 103 cm³/mol. The minimum atomic E-state index is -1.20. The van der Waals surface area contributed by atoms with Gasteiger partial charge < -0.3 is 10.1 Å². The highest BCUT2D eigenvalue weighted by atomic mass is 35.5. The number of carbonyl (C=O) groups is 3. The highest BCUT2D eigenvalue weighted by molar-refractivity contribution is 6.47. The number of carbonyl (C=O) groups excluding carboxylic acids is 3. The smallest absolute Gasteiger partial charge is 0.322 e. The zero-order valence-corrected chi connectivity index (χ0v) is 17.0. The van der Waals surface area contributed by atoms with E-state index in [0.717, 1.165) is 6.21 Å². The molecule has 1 aromatic rings. The number of nitrogens with one attached hydrogen (secondary N) is 1. The lowest BCUT2D eigenvalue weighted by molar-refractivity contribution is -0.151. The fourth-order valence-electron chi connectivity index (χ4n) is 1.93. The summed E-state index contributed by atoms with van der Waals surface area (Å²) in [6.45, 7) is 6.68. The lowest BCUT2D eigenvalue weighted by Gasteiger charge is -2.13. The van der Waals surface area contributed by atoms with Crippen LogP contribution in [0.1, 0.15) is 38.1 Å². The van der Waals surface area contributed by atoms with Gasteiger partial charge in [0.15, 0.2) is 5.92 Å². The Kier molecular flexibility index (Phi) is 8.53. The van der Waals surface area contributed by atoms with E-state index in [1.807, 2.05) is 0 Å². The monoisotopic (exact) mass is 420 g/mol. The van der Waals surface area contributed by atoms with Gasteiger partial charge in [0.2, 0.25) is 0 Å². The molecule has 0 aliphatic heterocycles. The highest BCUT2D eigenvalue weighted by Gasteiger charge is 2.25. The molecule has 1 unspecified atom stereocenters. The summed E-state index contributed by atoms with van der Waals surface area (Å²) in [6.07, 6.45) is 0.732. The molecule has 0 radical (unpaired) electrons. The van der Waals surface area contributed by atoms with Crippen LogP contribution in [0.3, 0.4) is 0 Å². The topological polar surface area (TPSA) is 84.8 Å². The number of nitrogens with zero attached hydrogens (tertiary/aromatic N) is 1. The van der Waals surface area contributed by atoms with Gasteiger partial charge in [-0.25, -0.2) is 0 Å². The number of benzene rings is 1. The first-order chi connectivity index (χ1) is 12.1. The third kappa shape index (κ3) is 5.69. The summed E-state index contributed by atoms with van der Waals surface area (Å²) < 4.78 is 5.03. The van der Waals surface area contributed by atoms with Crippen molar-refractivity contribution in [3.05, 3.63) is 26.7 Å². The van der Waals surface area contributed by atoms with Crippen molar-refractivity contribution in [1.82, 2.24) is 5.32 Å². The van der Waals surface area contributed by atoms with Crippen LogP contribution in [0.2, 0.25) is 15.1 Å². The SMILES string of the molecule is CCNC(=O)c1c(Cl)c(Cl)cc(N=CC(C(C)=O)C(=O)OC(C)C)c1Cl. The van der Waals surface area contributed by atoms with Crippen LogP contribution in [-0.2, 0) is 14.3 Å². The van der Waals surface area contributed by atoms with Crippen LogP contribution in [0, 0.1) is 5.92 Å². The van der Waals surface area contributed by atoms with Gasteiger partial charge in [-0.2, -0.15) is 0 Å². The first kappa shape index (κ1) is 22.4. The maximum Gasteiger partial charge on any atom is 0.322 e. The quantitative estimate of drug-likeness (QED) is 0.308. The number of esters is 1. The van der Waals surface area contributed by atoms with E-state index in [1.54, 1.807) is 20.8 Å². The third-order valence-electron chi connectivity index (χ3n) is 3.11. The van der Waals surface area contributed by atoms with Gasteiger partial charge in [-0.05, 0) is 33.8 Å². The summed E-state index contributed by atoms with van der Waals surface area (Å²) >= 11 is 18.3. The molecule has 0 saturated carbocycles. The van der Waals surface area contributed by atoms with Crippen LogP contribution in [0.5, 0.6) is 0 Å². The molecule has 9 heteroatoms. The van der Waals surface area contributed by atoms with Gasteiger partial charge in [0.05, 0.1) is 32.4 Å². The second-order valence-corrected chi connectivity index (χ2v) is 6.76. The van der Waals surface area contributed by atoms with Gasteiger partial charge in [-0.3, -0.25) is 19.4 Å². The Balaban J connectivity index is 3.30. The summed E-state index contributed by atoms with van der Waals surface area (Å²) in [5, 5.41) is 2.59. The molecule has 1 atom stereocenters. The molecule has 0 bridgehead atoms. The van der Waals surface area contributed by atoms with E-state index in [0.29, 0.717) is 6.54 Å². The lowest BCUT2D eigenvalue weighted by Crippen LogP contribution is -2.27. The molecule has 1 amide bonds. The first-order valence-corrected chi connectivity index (χ1v) is 8.94. The zero-order valence-electron chi connectivity index (χ0n) is 14.7. The van der Waals surface area contributed by atoms with Gasteiger partial charge in [0.25, 0.3) is 5.91 Å². The number of hydrogen-bond acceptors (Lipinski definition) is 5. The van der Waals surface area contributed by atoms with Crippen LogP contribution < -0.4 is 5.32 Å². The number of ketones is 1. The Morgan fingerprint density at radius 1 is 1.23 bits per heavy atom. The van der Waals surface area contributed by atoms with Crippen molar-refractivity contribution in [2.75, 3.05) is 6.54 Å². The molecule has 1 aromatic carbocycles. The molecule has 6 nitrogen and oxygen atoms in total. The molecule has 26 heavy (non-hydrogen) atoms. The van der Waals surface area contributed by atoms with Crippen LogP contribution >= 0.6 is 34.8 Å². The molecule has 0 aromatic heterocycles. The number of amides is 1. The Labute approximate surface area is 166 Å². The average Bonchev–Trinajstić information content (AvgIpc) is 2.51. The minimum Gasteiger partial charge on any atom is -0.462 e. The summed E-state index contributed by atoms with van der Waals surface area (Å²) in [6, 6.07) is 1.34. The molecule has 1 rings (SSSR count). The Morgan fingerprint density at radius 3 is 2.35 bits per heavy atom. The molecule has 0 heterocycles. The largest absolute Gasteiger partial charge is 0.462 e. The lowest BCUT2D eigenvalue weighted by atomic mass is 10.1. The summed E-state index contributed by atoms with van der Waals surface area (Å²) in [5.74, 6) is -2.88. The number of rotatable bonds is 7. The van der Waals surface area contributed by atoms with Gasteiger partial charge in [0, 0.05) is 12.8 Å². The zero-order chi connectivity index (χ0) is 20.0. The standard InChI is InChI=1S/C17H19Cl3N2O4/c1-5-21-16(24)13-14(19)11(18)6-12(15(13)20)22-7-10(9(4)23)17(25)26-8(2)3/h6-8,10H,5H2,1-4H3,(H,21,24). The van der Waals surface area contributed by atoms with Crippen molar-refractivity contribution in [2.24, 2.45) is 10.9 Å². The molecule has 0 saturated heterocycles. The van der Waals surface area contributed by atoms with Crippen LogP contribution in [-0.4, -0.2) is 36.5 Å². The van der Waals surface area contributed by atoms with Crippen LogP contribution in [0.15, 0.2) is 11.1 Å². The molecule has 1 N–H and O–H groups in total. The fourth-order valence-corrected chi connectivity index (χ4v) is 2.69. The van der Waals surface area contributed by atoms with Gasteiger partial charge in [-0.15, -0.1) is 0 Å². The van der Waals surface area contributed by atoms with E-state index >= 15 is 0 Å². The van der Waals surface area contributed by atoms with E-state index in [2.05, 4.69) is 10.3 Å².